The lowest BCUT2D eigenvalue weighted by molar-refractivity contribution is 0.511. The molecule has 0 spiro atoms. The third kappa shape index (κ3) is 2.37. The molecule has 0 N–H and O–H groups in total. The van der Waals surface area contributed by atoms with Crippen LogP contribution in [0.5, 0.6) is 0 Å². The van der Waals surface area contributed by atoms with Gasteiger partial charge in [0, 0.05) is 5.88 Å². The minimum Gasteiger partial charge on any atom is -0.126 e. The Kier molecular flexibility index (Phi) is 3.98. The van der Waals surface area contributed by atoms with Crippen LogP contribution in [-0.2, 0) is 0 Å². The highest BCUT2D eigenvalue weighted by Crippen LogP contribution is 2.12. The van der Waals surface area contributed by atoms with Crippen LogP contribution in [0.4, 0.5) is 0 Å². The van der Waals surface area contributed by atoms with Gasteiger partial charge in [-0.2, -0.15) is 0 Å². The summed E-state index contributed by atoms with van der Waals surface area (Å²) in [5, 5.41) is 0. The van der Waals surface area contributed by atoms with Gasteiger partial charge in [0.25, 0.3) is 0 Å². The first kappa shape index (κ1) is 8.03. The van der Waals surface area contributed by atoms with Gasteiger partial charge in [-0.1, -0.05) is 19.9 Å². The minimum atomic E-state index is 0.549. The lowest BCUT2D eigenvalue weighted by Crippen LogP contribution is -2.05. The summed E-state index contributed by atoms with van der Waals surface area (Å²) in [5.74, 6) is 1.84. The second-order valence-electron chi connectivity index (χ2n) is 2.23. The highest BCUT2D eigenvalue weighted by molar-refractivity contribution is 6.18. The highest BCUT2D eigenvalue weighted by Gasteiger charge is 2.04. The summed E-state index contributed by atoms with van der Waals surface area (Å²) in [6.45, 7) is 7.92. The van der Waals surface area contributed by atoms with Crippen LogP contribution in [0.1, 0.15) is 13.8 Å². The molecular formula is C7H13Cl. The van der Waals surface area contributed by atoms with E-state index in [-0.39, 0.29) is 0 Å². The summed E-state index contributed by atoms with van der Waals surface area (Å²) in [7, 11) is 0. The van der Waals surface area contributed by atoms with Crippen LogP contribution in [0.15, 0.2) is 12.7 Å². The molecule has 0 saturated carbocycles. The van der Waals surface area contributed by atoms with E-state index in [1.165, 1.54) is 0 Å². The van der Waals surface area contributed by atoms with Crippen molar-refractivity contribution in [3.8, 4) is 0 Å². The Bertz CT molecular complexity index is 68.8. The fraction of sp³-hybridized carbons (Fsp3) is 0.714. The normalized spacial score (nSPS) is 17.4. The van der Waals surface area contributed by atoms with Crippen molar-refractivity contribution in [2.24, 2.45) is 11.8 Å². The molecule has 2 unspecified atom stereocenters. The van der Waals surface area contributed by atoms with Crippen LogP contribution in [0, 0.1) is 11.8 Å². The van der Waals surface area contributed by atoms with E-state index in [1.807, 2.05) is 6.08 Å². The van der Waals surface area contributed by atoms with E-state index in [0.717, 1.165) is 5.88 Å². The van der Waals surface area contributed by atoms with Crippen LogP contribution in [0.2, 0.25) is 0 Å². The first-order valence-corrected chi connectivity index (χ1v) is 3.44. The Morgan fingerprint density at radius 2 is 2.12 bits per heavy atom. The maximum Gasteiger partial charge on any atom is 0.0254 e. The van der Waals surface area contributed by atoms with E-state index in [1.54, 1.807) is 0 Å². The largest absolute Gasteiger partial charge is 0.126 e. The average molecular weight is 133 g/mol. The fourth-order valence-electron chi connectivity index (χ4n) is 0.373. The molecule has 48 valence electrons. The number of halogens is 1. The van der Waals surface area contributed by atoms with Crippen molar-refractivity contribution in [2.75, 3.05) is 5.88 Å². The predicted molar refractivity (Wildman–Crippen MR) is 39.2 cm³/mol. The van der Waals surface area contributed by atoms with Gasteiger partial charge in [-0.15, -0.1) is 18.2 Å². The molecule has 0 aromatic heterocycles. The molecule has 0 aliphatic heterocycles. The quantitative estimate of drug-likeness (QED) is 0.409. The van der Waals surface area contributed by atoms with Gasteiger partial charge >= 0.3 is 0 Å². The standard InChI is InChI=1S/C7H13Cl/c1-4-6(2)7(3)5-8/h4,6-7H,1,5H2,2-3H3. The number of rotatable bonds is 3. The topological polar surface area (TPSA) is 0 Å². The SMILES string of the molecule is C=CC(C)C(C)CCl. The average Bonchev–Trinajstić information content (AvgIpc) is 1.84. The van der Waals surface area contributed by atoms with Crippen molar-refractivity contribution in [3.05, 3.63) is 12.7 Å². The van der Waals surface area contributed by atoms with Crippen molar-refractivity contribution < 1.29 is 0 Å². The molecule has 0 rings (SSSR count). The predicted octanol–water partition coefficient (Wildman–Crippen LogP) is 2.68. The number of alkyl halides is 1. The third-order valence-corrected chi connectivity index (χ3v) is 2.00. The first-order chi connectivity index (χ1) is 3.72. The van der Waals surface area contributed by atoms with Gasteiger partial charge in [0.1, 0.15) is 0 Å². The molecule has 2 atom stereocenters. The second kappa shape index (κ2) is 3.96. The Morgan fingerprint density at radius 3 is 2.25 bits per heavy atom. The van der Waals surface area contributed by atoms with E-state index >= 15 is 0 Å². The van der Waals surface area contributed by atoms with Crippen molar-refractivity contribution in [1.29, 1.82) is 0 Å². The van der Waals surface area contributed by atoms with Crippen LogP contribution in [0.3, 0.4) is 0 Å². The lowest BCUT2D eigenvalue weighted by Gasteiger charge is -2.10. The number of hydrogen-bond acceptors (Lipinski definition) is 0. The van der Waals surface area contributed by atoms with Crippen LogP contribution in [-0.4, -0.2) is 5.88 Å². The maximum atomic E-state index is 5.58. The van der Waals surface area contributed by atoms with Gasteiger partial charge in [0.2, 0.25) is 0 Å². The van der Waals surface area contributed by atoms with E-state index in [4.69, 9.17) is 11.6 Å². The molecule has 0 radical (unpaired) electrons. The molecule has 0 amide bonds. The first-order valence-electron chi connectivity index (χ1n) is 2.91. The fourth-order valence-corrected chi connectivity index (χ4v) is 0.654. The number of allylic oxidation sites excluding steroid dienone is 1. The van der Waals surface area contributed by atoms with Gasteiger partial charge in [-0.05, 0) is 11.8 Å². The van der Waals surface area contributed by atoms with Gasteiger partial charge in [0.05, 0.1) is 0 Å². The highest BCUT2D eigenvalue weighted by atomic mass is 35.5. The molecule has 0 aliphatic carbocycles. The zero-order chi connectivity index (χ0) is 6.57. The molecular weight excluding hydrogens is 120 g/mol. The minimum absolute atomic E-state index is 0.549. The molecule has 0 fully saturated rings. The summed E-state index contributed by atoms with van der Waals surface area (Å²) in [6.07, 6.45) is 1.94. The van der Waals surface area contributed by atoms with Crippen molar-refractivity contribution in [2.45, 2.75) is 13.8 Å². The summed E-state index contributed by atoms with van der Waals surface area (Å²) >= 11 is 5.58. The van der Waals surface area contributed by atoms with E-state index in [0.29, 0.717) is 11.8 Å². The zero-order valence-corrected chi connectivity index (χ0v) is 6.28. The van der Waals surface area contributed by atoms with Gasteiger partial charge in [0.15, 0.2) is 0 Å². The molecule has 0 saturated heterocycles. The Morgan fingerprint density at radius 1 is 1.62 bits per heavy atom. The Balaban J connectivity index is 3.44. The molecule has 0 aliphatic rings. The zero-order valence-electron chi connectivity index (χ0n) is 5.52. The summed E-state index contributed by atoms with van der Waals surface area (Å²) < 4.78 is 0. The van der Waals surface area contributed by atoms with Crippen molar-refractivity contribution >= 4 is 11.6 Å². The smallest absolute Gasteiger partial charge is 0.0254 e. The van der Waals surface area contributed by atoms with Crippen molar-refractivity contribution in [1.82, 2.24) is 0 Å². The molecule has 0 nitrogen and oxygen atoms in total. The van der Waals surface area contributed by atoms with Crippen molar-refractivity contribution in [3.63, 3.8) is 0 Å². The molecule has 0 aromatic rings. The molecule has 0 heterocycles. The summed E-state index contributed by atoms with van der Waals surface area (Å²) in [5.41, 5.74) is 0. The molecule has 8 heavy (non-hydrogen) atoms. The maximum absolute atomic E-state index is 5.58. The van der Waals surface area contributed by atoms with E-state index in [2.05, 4.69) is 20.4 Å². The monoisotopic (exact) mass is 132 g/mol. The lowest BCUT2D eigenvalue weighted by atomic mass is 9.99. The van der Waals surface area contributed by atoms with Crippen LogP contribution in [0.25, 0.3) is 0 Å². The molecule has 0 aromatic carbocycles. The van der Waals surface area contributed by atoms with Gasteiger partial charge in [-0.25, -0.2) is 0 Å². The summed E-state index contributed by atoms with van der Waals surface area (Å²) in [4.78, 5) is 0. The van der Waals surface area contributed by atoms with E-state index in [9.17, 15) is 0 Å². The Labute approximate surface area is 56.5 Å². The molecule has 1 heteroatoms. The third-order valence-electron chi connectivity index (χ3n) is 1.51. The van der Waals surface area contributed by atoms with E-state index < -0.39 is 0 Å². The van der Waals surface area contributed by atoms with Gasteiger partial charge < -0.3 is 0 Å². The van der Waals surface area contributed by atoms with Crippen LogP contribution < -0.4 is 0 Å². The van der Waals surface area contributed by atoms with Crippen LogP contribution >= 0.6 is 11.6 Å². The molecule has 0 bridgehead atoms. The Hall–Kier alpha value is 0.0300. The summed E-state index contributed by atoms with van der Waals surface area (Å²) in [6, 6.07) is 0. The second-order valence-corrected chi connectivity index (χ2v) is 2.54. The number of hydrogen-bond donors (Lipinski definition) is 0. The van der Waals surface area contributed by atoms with Gasteiger partial charge in [-0.3, -0.25) is 0 Å².